The van der Waals surface area contributed by atoms with Crippen LogP contribution in [0.1, 0.15) is 39.0 Å². The minimum Gasteiger partial charge on any atom is -0.300 e. The van der Waals surface area contributed by atoms with Crippen molar-refractivity contribution in [2.24, 2.45) is 0 Å². The van der Waals surface area contributed by atoms with E-state index in [-0.39, 0.29) is 0 Å². The predicted octanol–water partition coefficient (Wildman–Crippen LogP) is 3.02. The minimum absolute atomic E-state index is 0.301. The van der Waals surface area contributed by atoms with E-state index in [0.29, 0.717) is 5.78 Å². The summed E-state index contributed by atoms with van der Waals surface area (Å²) in [5, 5.41) is 0. The molecule has 0 fully saturated rings. The Labute approximate surface area is 74.2 Å². The van der Waals surface area contributed by atoms with Crippen molar-refractivity contribution in [2.45, 2.75) is 39.0 Å². The van der Waals surface area contributed by atoms with Crippen molar-refractivity contribution in [1.29, 1.82) is 0 Å². The second-order valence-electron chi connectivity index (χ2n) is 3.31. The molecule has 1 rings (SSSR count). The zero-order valence-corrected chi connectivity index (χ0v) is 7.68. The summed E-state index contributed by atoms with van der Waals surface area (Å²) in [5.41, 5.74) is 1.41. The largest absolute Gasteiger partial charge is 0.300 e. The molecule has 0 atom stereocenters. The number of carbonyl (C=O) groups excluding carboxylic acids is 1. The van der Waals surface area contributed by atoms with Gasteiger partial charge in [0.1, 0.15) is 5.78 Å². The maximum Gasteiger partial charge on any atom is 0.129 e. The van der Waals surface area contributed by atoms with Crippen molar-refractivity contribution in [3.05, 3.63) is 23.8 Å². The Hall–Kier alpha value is -0.850. The van der Waals surface area contributed by atoms with Crippen molar-refractivity contribution < 1.29 is 4.79 Å². The molecule has 0 aromatic rings. The van der Waals surface area contributed by atoms with E-state index in [1.807, 2.05) is 0 Å². The van der Waals surface area contributed by atoms with E-state index < -0.39 is 0 Å². The van der Waals surface area contributed by atoms with Crippen LogP contribution in [0.3, 0.4) is 0 Å². The van der Waals surface area contributed by atoms with Crippen LogP contribution in [0.4, 0.5) is 0 Å². The van der Waals surface area contributed by atoms with Gasteiger partial charge in [0.05, 0.1) is 0 Å². The second kappa shape index (κ2) is 4.91. The standard InChI is InChI=1S/C11H16O/c1-10(12)6-5-9-11-7-3-2-4-8-11/h3,7-8H,2,4-6,9H2,1H3. The van der Waals surface area contributed by atoms with Crippen LogP contribution in [-0.4, -0.2) is 5.78 Å². The first-order valence-corrected chi connectivity index (χ1v) is 4.64. The molecule has 0 aromatic carbocycles. The van der Waals surface area contributed by atoms with E-state index in [1.54, 1.807) is 6.92 Å². The van der Waals surface area contributed by atoms with Crippen molar-refractivity contribution in [1.82, 2.24) is 0 Å². The van der Waals surface area contributed by atoms with Crippen LogP contribution in [0.2, 0.25) is 0 Å². The lowest BCUT2D eigenvalue weighted by Crippen LogP contribution is -1.91. The highest BCUT2D eigenvalue weighted by atomic mass is 16.1. The van der Waals surface area contributed by atoms with Crippen LogP contribution >= 0.6 is 0 Å². The molecule has 1 heteroatoms. The molecule has 0 spiro atoms. The Kier molecular flexibility index (Phi) is 3.78. The zero-order chi connectivity index (χ0) is 8.81. The van der Waals surface area contributed by atoms with Gasteiger partial charge >= 0.3 is 0 Å². The van der Waals surface area contributed by atoms with E-state index in [9.17, 15) is 4.79 Å². The van der Waals surface area contributed by atoms with E-state index in [4.69, 9.17) is 0 Å². The fourth-order valence-corrected chi connectivity index (χ4v) is 1.39. The van der Waals surface area contributed by atoms with Gasteiger partial charge in [0, 0.05) is 6.42 Å². The molecule has 0 heterocycles. The van der Waals surface area contributed by atoms with Crippen molar-refractivity contribution in [3.8, 4) is 0 Å². The molecule has 66 valence electrons. The lowest BCUT2D eigenvalue weighted by Gasteiger charge is -2.05. The molecule has 1 aliphatic rings. The molecule has 0 amide bonds. The smallest absolute Gasteiger partial charge is 0.129 e. The zero-order valence-electron chi connectivity index (χ0n) is 7.68. The summed E-state index contributed by atoms with van der Waals surface area (Å²) in [6, 6.07) is 0. The molecular formula is C11H16O. The lowest BCUT2D eigenvalue weighted by molar-refractivity contribution is -0.117. The summed E-state index contributed by atoms with van der Waals surface area (Å²) in [7, 11) is 0. The van der Waals surface area contributed by atoms with E-state index in [1.165, 1.54) is 18.4 Å². The van der Waals surface area contributed by atoms with Crippen molar-refractivity contribution in [3.63, 3.8) is 0 Å². The quantitative estimate of drug-likeness (QED) is 0.624. The summed E-state index contributed by atoms with van der Waals surface area (Å²) in [6.45, 7) is 1.66. The molecule has 0 radical (unpaired) electrons. The summed E-state index contributed by atoms with van der Waals surface area (Å²) in [6.07, 6.45) is 11.8. The lowest BCUT2D eigenvalue weighted by atomic mass is 10.0. The van der Waals surface area contributed by atoms with Crippen LogP contribution in [0.25, 0.3) is 0 Å². The summed E-state index contributed by atoms with van der Waals surface area (Å²) in [4.78, 5) is 10.6. The Balaban J connectivity index is 2.18. The first kappa shape index (κ1) is 9.24. The molecule has 0 bridgehead atoms. The highest BCUT2D eigenvalue weighted by Gasteiger charge is 1.98. The highest BCUT2D eigenvalue weighted by molar-refractivity contribution is 5.75. The minimum atomic E-state index is 0.301. The maximum atomic E-state index is 10.6. The monoisotopic (exact) mass is 164 g/mol. The van der Waals surface area contributed by atoms with Crippen molar-refractivity contribution in [2.75, 3.05) is 0 Å². The van der Waals surface area contributed by atoms with Gasteiger partial charge in [0.2, 0.25) is 0 Å². The molecular weight excluding hydrogens is 148 g/mol. The third-order valence-corrected chi connectivity index (χ3v) is 2.07. The Bertz CT molecular complexity index is 211. The number of allylic oxidation sites excluding steroid dienone is 4. The fraction of sp³-hybridized carbons (Fsp3) is 0.545. The van der Waals surface area contributed by atoms with Gasteiger partial charge < -0.3 is 4.79 Å². The first-order valence-electron chi connectivity index (χ1n) is 4.64. The summed E-state index contributed by atoms with van der Waals surface area (Å²) < 4.78 is 0. The van der Waals surface area contributed by atoms with Gasteiger partial charge in [-0.3, -0.25) is 0 Å². The molecule has 0 N–H and O–H groups in total. The van der Waals surface area contributed by atoms with Gasteiger partial charge in [-0.25, -0.2) is 0 Å². The van der Waals surface area contributed by atoms with E-state index >= 15 is 0 Å². The topological polar surface area (TPSA) is 17.1 Å². The number of hydrogen-bond acceptors (Lipinski definition) is 1. The van der Waals surface area contributed by atoms with E-state index in [0.717, 1.165) is 19.3 Å². The number of rotatable bonds is 4. The molecule has 0 aliphatic heterocycles. The molecule has 0 saturated carbocycles. The average Bonchev–Trinajstić information content (AvgIpc) is 2.05. The maximum absolute atomic E-state index is 10.6. The Morgan fingerprint density at radius 3 is 2.92 bits per heavy atom. The first-order chi connectivity index (χ1) is 5.79. The molecule has 0 saturated heterocycles. The second-order valence-corrected chi connectivity index (χ2v) is 3.31. The molecule has 1 nitrogen and oxygen atoms in total. The molecule has 0 unspecified atom stereocenters. The fourth-order valence-electron chi connectivity index (χ4n) is 1.39. The van der Waals surface area contributed by atoms with Crippen LogP contribution in [0.15, 0.2) is 23.8 Å². The van der Waals surface area contributed by atoms with Crippen LogP contribution < -0.4 is 0 Å². The molecule has 12 heavy (non-hydrogen) atoms. The summed E-state index contributed by atoms with van der Waals surface area (Å²) >= 11 is 0. The number of carbonyl (C=O) groups is 1. The van der Waals surface area contributed by atoms with Gasteiger partial charge in [0.15, 0.2) is 0 Å². The van der Waals surface area contributed by atoms with Crippen LogP contribution in [0, 0.1) is 0 Å². The van der Waals surface area contributed by atoms with E-state index in [2.05, 4.69) is 18.2 Å². The third kappa shape index (κ3) is 3.51. The van der Waals surface area contributed by atoms with Gasteiger partial charge in [-0.05, 0) is 32.6 Å². The Morgan fingerprint density at radius 2 is 2.33 bits per heavy atom. The van der Waals surface area contributed by atoms with Crippen LogP contribution in [0.5, 0.6) is 0 Å². The highest BCUT2D eigenvalue weighted by Crippen LogP contribution is 2.15. The van der Waals surface area contributed by atoms with Crippen molar-refractivity contribution >= 4 is 5.78 Å². The Morgan fingerprint density at radius 1 is 1.50 bits per heavy atom. The van der Waals surface area contributed by atoms with Gasteiger partial charge in [-0.15, -0.1) is 0 Å². The number of ketones is 1. The van der Waals surface area contributed by atoms with Gasteiger partial charge in [-0.2, -0.15) is 0 Å². The number of Topliss-reactive ketones (excluding diaryl/α,β-unsaturated/α-hetero) is 1. The van der Waals surface area contributed by atoms with Gasteiger partial charge in [-0.1, -0.05) is 23.8 Å². The average molecular weight is 164 g/mol. The van der Waals surface area contributed by atoms with Gasteiger partial charge in [0.25, 0.3) is 0 Å². The third-order valence-electron chi connectivity index (χ3n) is 2.07. The number of hydrogen-bond donors (Lipinski definition) is 0. The van der Waals surface area contributed by atoms with Crippen LogP contribution in [-0.2, 0) is 4.79 Å². The molecule has 0 aromatic heterocycles. The SMILES string of the molecule is CC(=O)CCCC1=CCCC=C1. The normalized spacial score (nSPS) is 15.9. The summed E-state index contributed by atoms with van der Waals surface area (Å²) in [5.74, 6) is 0.301. The molecule has 1 aliphatic carbocycles. The predicted molar refractivity (Wildman–Crippen MR) is 51.0 cm³/mol.